The Balaban J connectivity index is 1.84. The van der Waals surface area contributed by atoms with Crippen LogP contribution < -0.4 is 10.6 Å². The number of thioether (sulfide) groups is 1. The Morgan fingerprint density at radius 3 is 2.37 bits per heavy atom. The number of nitroso groups, excluding NO2 is 1. The number of benzene rings is 1. The lowest BCUT2D eigenvalue weighted by atomic mass is 10.0. The molecule has 4 N–H and O–H groups in total. The highest BCUT2D eigenvalue weighted by Gasteiger charge is 2.57. The van der Waals surface area contributed by atoms with E-state index in [2.05, 4.69) is 15.9 Å². The summed E-state index contributed by atoms with van der Waals surface area (Å²) in [5.74, 6) is -2.27. The third-order valence-corrected chi connectivity index (χ3v) is 6.14. The van der Waals surface area contributed by atoms with Gasteiger partial charge in [-0.05, 0) is 31.5 Å². The van der Waals surface area contributed by atoms with Crippen molar-refractivity contribution in [3.8, 4) is 5.75 Å². The van der Waals surface area contributed by atoms with Gasteiger partial charge in [-0.1, -0.05) is 12.1 Å². The summed E-state index contributed by atoms with van der Waals surface area (Å²) in [7, 11) is 0. The number of piperazine rings is 1. The highest BCUT2D eigenvalue weighted by molar-refractivity contribution is 8.01. The molecule has 2 aliphatic heterocycles. The second-order valence-electron chi connectivity index (χ2n) is 6.83. The summed E-state index contributed by atoms with van der Waals surface area (Å²) in [6.07, 6.45) is 0. The molecule has 4 unspecified atom stereocenters. The van der Waals surface area contributed by atoms with Crippen molar-refractivity contribution < 1.29 is 24.6 Å². The van der Waals surface area contributed by atoms with Gasteiger partial charge in [0.15, 0.2) is 6.04 Å². The number of phenolic OH excluding ortho intramolecular Hbond substituents is 1. The molecule has 0 spiro atoms. The Labute approximate surface area is 158 Å². The lowest BCUT2D eigenvalue weighted by molar-refractivity contribution is -0.145. The van der Waals surface area contributed by atoms with Crippen molar-refractivity contribution in [1.82, 2.24) is 15.6 Å². The van der Waals surface area contributed by atoms with Crippen molar-refractivity contribution in [2.24, 2.45) is 5.29 Å². The molecule has 1 aromatic rings. The molecule has 11 heteroatoms. The van der Waals surface area contributed by atoms with E-state index < -0.39 is 46.0 Å². The number of hydrogen-bond acceptors (Lipinski definition) is 7. The van der Waals surface area contributed by atoms with Crippen LogP contribution in [0.4, 0.5) is 0 Å². The smallest absolute Gasteiger partial charge is 0.329 e. The molecule has 0 aliphatic carbocycles. The number of rotatable bonds is 4. The SMILES string of the molecule is CC1(C)SC(C2NC(=O)C(c3ccc(O)cc3)NC2=O)N(N=O)C1C(=O)O. The van der Waals surface area contributed by atoms with Crippen LogP contribution in [0.15, 0.2) is 29.6 Å². The normalized spacial score (nSPS) is 29.8. The molecule has 2 saturated heterocycles. The van der Waals surface area contributed by atoms with Gasteiger partial charge in [0.05, 0.1) is 5.29 Å². The summed E-state index contributed by atoms with van der Waals surface area (Å²) in [5, 5.41) is 26.6. The number of aromatic hydroxyl groups is 1. The lowest BCUT2D eigenvalue weighted by Gasteiger charge is -2.34. The van der Waals surface area contributed by atoms with Gasteiger partial charge in [-0.15, -0.1) is 16.7 Å². The van der Waals surface area contributed by atoms with E-state index in [0.29, 0.717) is 5.56 Å². The van der Waals surface area contributed by atoms with Crippen molar-refractivity contribution in [2.45, 2.75) is 42.1 Å². The molecule has 0 saturated carbocycles. The largest absolute Gasteiger partial charge is 0.508 e. The molecule has 1 aromatic carbocycles. The molecular formula is C16H18N4O6S. The Morgan fingerprint density at radius 1 is 1.19 bits per heavy atom. The summed E-state index contributed by atoms with van der Waals surface area (Å²) < 4.78 is -0.900. The van der Waals surface area contributed by atoms with Crippen LogP contribution in [-0.4, -0.2) is 55.2 Å². The van der Waals surface area contributed by atoms with Gasteiger partial charge in [-0.25, -0.2) is 9.80 Å². The zero-order valence-electron chi connectivity index (χ0n) is 14.4. The number of amides is 2. The van der Waals surface area contributed by atoms with Crippen LogP contribution in [0.5, 0.6) is 5.75 Å². The monoisotopic (exact) mass is 394 g/mol. The van der Waals surface area contributed by atoms with E-state index in [-0.39, 0.29) is 5.75 Å². The zero-order chi connectivity index (χ0) is 19.9. The van der Waals surface area contributed by atoms with Gasteiger partial charge < -0.3 is 20.8 Å². The van der Waals surface area contributed by atoms with Crippen LogP contribution in [-0.2, 0) is 14.4 Å². The first kappa shape index (κ1) is 19.0. The Bertz CT molecular complexity index is 799. The van der Waals surface area contributed by atoms with Crippen molar-refractivity contribution in [3.05, 3.63) is 34.7 Å². The molecule has 0 bridgehead atoms. The van der Waals surface area contributed by atoms with Crippen molar-refractivity contribution >= 4 is 29.5 Å². The molecular weight excluding hydrogens is 376 g/mol. The maximum Gasteiger partial charge on any atom is 0.329 e. The number of carbonyl (C=O) groups excluding carboxylic acids is 2. The van der Waals surface area contributed by atoms with E-state index in [9.17, 15) is 29.5 Å². The number of phenols is 1. The summed E-state index contributed by atoms with van der Waals surface area (Å²) in [6.45, 7) is 3.27. The highest BCUT2D eigenvalue weighted by atomic mass is 32.2. The fourth-order valence-corrected chi connectivity index (χ4v) is 4.88. The first-order chi connectivity index (χ1) is 12.7. The molecule has 10 nitrogen and oxygen atoms in total. The molecule has 27 heavy (non-hydrogen) atoms. The van der Waals surface area contributed by atoms with Gasteiger partial charge in [-0.3, -0.25) is 9.59 Å². The van der Waals surface area contributed by atoms with E-state index in [1.807, 2.05) is 0 Å². The molecule has 2 heterocycles. The number of nitrogens with one attached hydrogen (secondary N) is 2. The van der Waals surface area contributed by atoms with Gasteiger partial charge >= 0.3 is 5.97 Å². The number of aliphatic carboxylic acids is 1. The van der Waals surface area contributed by atoms with Gasteiger partial charge in [-0.2, -0.15) is 0 Å². The van der Waals surface area contributed by atoms with Gasteiger partial charge in [0, 0.05) is 4.75 Å². The number of carboxylic acids is 1. The van der Waals surface area contributed by atoms with E-state index >= 15 is 0 Å². The minimum absolute atomic E-state index is 0.0242. The Hall–Kier alpha value is -2.82. The third-order valence-electron chi connectivity index (χ3n) is 4.58. The average molecular weight is 394 g/mol. The predicted molar refractivity (Wildman–Crippen MR) is 95.4 cm³/mol. The maximum atomic E-state index is 12.6. The maximum absolute atomic E-state index is 12.6. The van der Waals surface area contributed by atoms with Crippen molar-refractivity contribution in [1.29, 1.82) is 0 Å². The molecule has 2 fully saturated rings. The molecule has 144 valence electrons. The standard InChI is InChI=1S/C16H18N4O6S/c1-16(2)11(15(24)25)20(19-26)14(27-16)10-13(23)17-9(12(22)18-10)7-3-5-8(21)6-4-7/h3-6,9-11,14,21H,1-2H3,(H,17,23)(H,18,22)(H,24,25). The van der Waals surface area contributed by atoms with E-state index in [4.69, 9.17) is 0 Å². The second-order valence-corrected chi connectivity index (χ2v) is 8.60. The first-order valence-electron chi connectivity index (χ1n) is 8.07. The van der Waals surface area contributed by atoms with E-state index in [0.717, 1.165) is 16.8 Å². The summed E-state index contributed by atoms with van der Waals surface area (Å²) >= 11 is 1.09. The number of hydrogen-bond donors (Lipinski definition) is 4. The van der Waals surface area contributed by atoms with Crippen molar-refractivity contribution in [3.63, 3.8) is 0 Å². The van der Waals surface area contributed by atoms with Crippen LogP contribution in [0.25, 0.3) is 0 Å². The number of nitrogens with zero attached hydrogens (tertiary/aromatic N) is 2. The Kier molecular flexibility index (Phi) is 4.72. The molecule has 0 aromatic heterocycles. The minimum atomic E-state index is -1.24. The van der Waals surface area contributed by atoms with Gasteiger partial charge in [0.2, 0.25) is 11.8 Å². The van der Waals surface area contributed by atoms with E-state index in [1.165, 1.54) is 24.3 Å². The third kappa shape index (κ3) is 3.29. The van der Waals surface area contributed by atoms with Crippen LogP contribution in [0.3, 0.4) is 0 Å². The summed E-state index contributed by atoms with van der Waals surface area (Å²) in [6, 6.07) is 2.47. The van der Waals surface area contributed by atoms with Crippen molar-refractivity contribution in [2.75, 3.05) is 0 Å². The fraction of sp³-hybridized carbons (Fsp3) is 0.438. The molecule has 3 rings (SSSR count). The Morgan fingerprint density at radius 2 is 1.81 bits per heavy atom. The van der Waals surface area contributed by atoms with Gasteiger partial charge in [0.25, 0.3) is 0 Å². The van der Waals surface area contributed by atoms with Crippen LogP contribution >= 0.6 is 11.8 Å². The first-order valence-corrected chi connectivity index (χ1v) is 8.95. The van der Waals surface area contributed by atoms with Crippen LogP contribution in [0.1, 0.15) is 25.5 Å². The molecule has 2 amide bonds. The summed E-state index contributed by atoms with van der Waals surface area (Å²) in [4.78, 5) is 48.0. The van der Waals surface area contributed by atoms with Crippen LogP contribution in [0.2, 0.25) is 0 Å². The fourth-order valence-electron chi connectivity index (χ4n) is 3.32. The van der Waals surface area contributed by atoms with Crippen LogP contribution in [0, 0.1) is 4.91 Å². The number of carboxylic acid groups (broad SMARTS) is 1. The zero-order valence-corrected chi connectivity index (χ0v) is 15.3. The topological polar surface area (TPSA) is 148 Å². The molecule has 0 radical (unpaired) electrons. The second kappa shape index (κ2) is 6.72. The predicted octanol–water partition coefficient (Wildman–Crippen LogP) is 0.336. The van der Waals surface area contributed by atoms with E-state index in [1.54, 1.807) is 13.8 Å². The molecule has 2 aliphatic rings. The summed E-state index contributed by atoms with van der Waals surface area (Å²) in [5.41, 5.74) is 0.477. The molecule has 4 atom stereocenters. The lowest BCUT2D eigenvalue weighted by Crippen LogP contribution is -2.63. The average Bonchev–Trinajstić information content (AvgIpc) is 2.88. The minimum Gasteiger partial charge on any atom is -0.508 e. The quantitative estimate of drug-likeness (QED) is 0.534. The van der Waals surface area contributed by atoms with Gasteiger partial charge in [0.1, 0.15) is 23.2 Å². The highest BCUT2D eigenvalue weighted by Crippen LogP contribution is 2.46. The number of carbonyl (C=O) groups is 3.